The largest absolute Gasteiger partial charge is 0.497 e. The monoisotopic (exact) mass is 431 g/mol. The number of aromatic nitrogens is 3. The van der Waals surface area contributed by atoms with Crippen LogP contribution >= 0.6 is 11.8 Å². The van der Waals surface area contributed by atoms with Crippen molar-refractivity contribution in [2.24, 2.45) is 0 Å². The van der Waals surface area contributed by atoms with E-state index < -0.39 is 0 Å². The molecule has 0 bridgehead atoms. The number of ether oxygens (including phenoxy) is 2. The minimum Gasteiger partial charge on any atom is -0.497 e. The molecule has 156 valence electrons. The maximum absolute atomic E-state index is 12.7. The maximum Gasteiger partial charge on any atom is 0.196 e. The number of Topliss-reactive ketones (excluding diaryl/α,β-unsaturated/α-hetero) is 1. The van der Waals surface area contributed by atoms with Crippen molar-refractivity contribution in [3.63, 3.8) is 0 Å². The van der Waals surface area contributed by atoms with Crippen LogP contribution in [0.2, 0.25) is 0 Å². The van der Waals surface area contributed by atoms with Crippen LogP contribution in [0.4, 0.5) is 0 Å². The van der Waals surface area contributed by atoms with Crippen LogP contribution in [0, 0.1) is 0 Å². The Kier molecular flexibility index (Phi) is 6.33. The minimum absolute atomic E-state index is 0.00843. The van der Waals surface area contributed by atoms with Gasteiger partial charge in [0.25, 0.3) is 0 Å². The average molecular weight is 432 g/mol. The van der Waals surface area contributed by atoms with Gasteiger partial charge in [-0.05, 0) is 48.5 Å². The van der Waals surface area contributed by atoms with Crippen LogP contribution in [-0.4, -0.2) is 40.5 Å². The zero-order valence-electron chi connectivity index (χ0n) is 17.2. The van der Waals surface area contributed by atoms with E-state index in [1.165, 1.54) is 11.8 Å². The third kappa shape index (κ3) is 4.46. The van der Waals surface area contributed by atoms with E-state index in [2.05, 4.69) is 10.2 Å². The molecule has 31 heavy (non-hydrogen) atoms. The summed E-state index contributed by atoms with van der Waals surface area (Å²) in [5.74, 6) is 2.33. The highest BCUT2D eigenvalue weighted by Gasteiger charge is 2.20. The summed E-state index contributed by atoms with van der Waals surface area (Å²) in [4.78, 5) is 12.7. The molecule has 4 rings (SSSR count). The highest BCUT2D eigenvalue weighted by atomic mass is 32.2. The van der Waals surface area contributed by atoms with Gasteiger partial charge in [0.05, 0.1) is 25.5 Å². The van der Waals surface area contributed by atoms with Gasteiger partial charge < -0.3 is 9.47 Å². The molecule has 0 aliphatic rings. The number of nitrogens with zero attached hydrogens (tertiary/aromatic N) is 3. The van der Waals surface area contributed by atoms with Crippen molar-refractivity contribution in [2.75, 3.05) is 20.0 Å². The summed E-state index contributed by atoms with van der Waals surface area (Å²) in [5, 5.41) is 9.45. The number of para-hydroxylation sites is 2. The highest BCUT2D eigenvalue weighted by Crippen LogP contribution is 2.33. The summed E-state index contributed by atoms with van der Waals surface area (Å²) >= 11 is 1.35. The third-order valence-corrected chi connectivity index (χ3v) is 5.67. The molecule has 7 heteroatoms. The van der Waals surface area contributed by atoms with E-state index in [1.54, 1.807) is 38.5 Å². The molecule has 3 aromatic carbocycles. The van der Waals surface area contributed by atoms with Crippen LogP contribution < -0.4 is 9.47 Å². The number of hydrogen-bond donors (Lipinski definition) is 0. The lowest BCUT2D eigenvalue weighted by Gasteiger charge is -2.12. The molecule has 0 aliphatic heterocycles. The molecule has 0 unspecified atom stereocenters. The Bertz CT molecular complexity index is 1170. The fourth-order valence-corrected chi connectivity index (χ4v) is 4.01. The van der Waals surface area contributed by atoms with Crippen LogP contribution in [0.3, 0.4) is 0 Å². The molecule has 0 saturated heterocycles. The lowest BCUT2D eigenvalue weighted by Crippen LogP contribution is -2.05. The first-order chi connectivity index (χ1) is 15.2. The van der Waals surface area contributed by atoms with Gasteiger partial charge in [-0.2, -0.15) is 0 Å². The lowest BCUT2D eigenvalue weighted by molar-refractivity contribution is 0.102. The number of hydrogen-bond acceptors (Lipinski definition) is 6. The Morgan fingerprint density at radius 2 is 1.58 bits per heavy atom. The summed E-state index contributed by atoms with van der Waals surface area (Å²) in [7, 11) is 3.23. The van der Waals surface area contributed by atoms with Gasteiger partial charge in [0.1, 0.15) is 11.5 Å². The van der Waals surface area contributed by atoms with Gasteiger partial charge in [-0.25, -0.2) is 0 Å². The molecule has 4 aromatic rings. The molecule has 0 radical (unpaired) electrons. The van der Waals surface area contributed by atoms with E-state index >= 15 is 0 Å². The Morgan fingerprint density at radius 1 is 0.871 bits per heavy atom. The van der Waals surface area contributed by atoms with Gasteiger partial charge in [0.15, 0.2) is 16.8 Å². The molecule has 0 atom stereocenters. The molecule has 0 fully saturated rings. The van der Waals surface area contributed by atoms with E-state index in [4.69, 9.17) is 9.47 Å². The molecular formula is C24H21N3O3S. The van der Waals surface area contributed by atoms with Gasteiger partial charge in [-0.1, -0.05) is 42.1 Å². The molecule has 0 spiro atoms. The van der Waals surface area contributed by atoms with Crippen molar-refractivity contribution in [1.82, 2.24) is 14.8 Å². The number of rotatable bonds is 8. The van der Waals surface area contributed by atoms with Crippen molar-refractivity contribution < 1.29 is 14.3 Å². The Labute approximate surface area is 184 Å². The van der Waals surface area contributed by atoms with E-state index in [0.29, 0.717) is 22.3 Å². The summed E-state index contributed by atoms with van der Waals surface area (Å²) < 4.78 is 12.6. The fraction of sp³-hybridized carbons (Fsp3) is 0.125. The summed E-state index contributed by atoms with van der Waals surface area (Å²) in [6, 6.07) is 24.6. The summed E-state index contributed by atoms with van der Waals surface area (Å²) in [6.45, 7) is 0. The average Bonchev–Trinajstić information content (AvgIpc) is 3.26. The number of methoxy groups -OCH3 is 2. The molecule has 0 amide bonds. The van der Waals surface area contributed by atoms with Crippen LogP contribution in [0.15, 0.2) is 84.0 Å². The van der Waals surface area contributed by atoms with E-state index in [0.717, 1.165) is 17.0 Å². The third-order valence-electron chi connectivity index (χ3n) is 4.74. The van der Waals surface area contributed by atoms with Gasteiger partial charge >= 0.3 is 0 Å². The van der Waals surface area contributed by atoms with Crippen molar-refractivity contribution >= 4 is 17.5 Å². The molecule has 1 heterocycles. The molecule has 1 aromatic heterocycles. The second-order valence-electron chi connectivity index (χ2n) is 6.62. The SMILES string of the molecule is COc1ccc(C(=O)CSc2nnc(-c3ccccc3OC)n2-c2ccccc2)cc1. The van der Waals surface area contributed by atoms with Crippen molar-refractivity contribution in [2.45, 2.75) is 5.16 Å². The fourth-order valence-electron chi connectivity index (χ4n) is 3.17. The zero-order valence-corrected chi connectivity index (χ0v) is 18.0. The molecule has 6 nitrogen and oxygen atoms in total. The van der Waals surface area contributed by atoms with Gasteiger partial charge in [-0.3, -0.25) is 9.36 Å². The standard InChI is InChI=1S/C24H21N3O3S/c1-29-19-14-12-17(13-15-19)21(28)16-31-24-26-25-23(20-10-6-7-11-22(20)30-2)27(24)18-8-4-3-5-9-18/h3-15H,16H2,1-2H3. The van der Waals surface area contributed by atoms with Gasteiger partial charge in [0.2, 0.25) is 0 Å². The first-order valence-electron chi connectivity index (χ1n) is 9.65. The van der Waals surface area contributed by atoms with Crippen molar-refractivity contribution in [1.29, 1.82) is 0 Å². The van der Waals surface area contributed by atoms with Crippen LogP contribution in [0.5, 0.6) is 11.5 Å². The minimum atomic E-state index is 0.00843. The highest BCUT2D eigenvalue weighted by molar-refractivity contribution is 7.99. The normalized spacial score (nSPS) is 10.6. The Morgan fingerprint density at radius 3 is 2.29 bits per heavy atom. The number of ketones is 1. The molecule has 0 aliphatic carbocycles. The number of carbonyl (C=O) groups excluding carboxylic acids is 1. The van der Waals surface area contributed by atoms with Crippen molar-refractivity contribution in [3.8, 4) is 28.6 Å². The Hall–Kier alpha value is -3.58. The van der Waals surface area contributed by atoms with Crippen LogP contribution in [-0.2, 0) is 0 Å². The number of carbonyl (C=O) groups is 1. The smallest absolute Gasteiger partial charge is 0.196 e. The van der Waals surface area contributed by atoms with Crippen LogP contribution in [0.1, 0.15) is 10.4 Å². The molecular weight excluding hydrogens is 410 g/mol. The Balaban J connectivity index is 1.66. The maximum atomic E-state index is 12.7. The van der Waals surface area contributed by atoms with Gasteiger partial charge in [0, 0.05) is 11.3 Å². The number of thioether (sulfide) groups is 1. The molecule has 0 N–H and O–H groups in total. The van der Waals surface area contributed by atoms with Crippen LogP contribution in [0.25, 0.3) is 17.1 Å². The topological polar surface area (TPSA) is 66.2 Å². The predicted molar refractivity (Wildman–Crippen MR) is 121 cm³/mol. The second-order valence-corrected chi connectivity index (χ2v) is 7.56. The van der Waals surface area contributed by atoms with E-state index in [-0.39, 0.29) is 11.5 Å². The number of benzene rings is 3. The summed E-state index contributed by atoms with van der Waals surface area (Å²) in [6.07, 6.45) is 0. The van der Waals surface area contributed by atoms with E-state index in [9.17, 15) is 4.79 Å². The molecule has 0 saturated carbocycles. The lowest BCUT2D eigenvalue weighted by atomic mass is 10.1. The van der Waals surface area contributed by atoms with Crippen molar-refractivity contribution in [3.05, 3.63) is 84.4 Å². The second kappa shape index (κ2) is 9.49. The van der Waals surface area contributed by atoms with Gasteiger partial charge in [-0.15, -0.1) is 10.2 Å². The first-order valence-corrected chi connectivity index (χ1v) is 10.6. The van der Waals surface area contributed by atoms with E-state index in [1.807, 2.05) is 59.2 Å². The quantitative estimate of drug-likeness (QED) is 0.291. The zero-order chi connectivity index (χ0) is 21.6. The predicted octanol–water partition coefficient (Wildman–Crippen LogP) is 4.93. The summed E-state index contributed by atoms with van der Waals surface area (Å²) in [5.41, 5.74) is 2.37. The first kappa shape index (κ1) is 20.7.